The van der Waals surface area contributed by atoms with Crippen LogP contribution in [0.15, 0.2) is 0 Å². The third kappa shape index (κ3) is 0.918. The first-order chi connectivity index (χ1) is 4.25. The standard InChI is InChI=1S/C5H6F2N2/c1-2-3-4(6)8-9-5(3)7/h2H2,1H3,(H,8,9). The summed E-state index contributed by atoms with van der Waals surface area (Å²) in [5, 5.41) is 4.92. The Kier molecular flexibility index (Phi) is 1.46. The van der Waals surface area contributed by atoms with Gasteiger partial charge in [0.05, 0.1) is 5.56 Å². The zero-order valence-corrected chi connectivity index (χ0v) is 4.91. The lowest BCUT2D eigenvalue weighted by atomic mass is 10.3. The summed E-state index contributed by atoms with van der Waals surface area (Å²) in [6.45, 7) is 1.66. The van der Waals surface area contributed by atoms with Crippen LogP contribution in [0.1, 0.15) is 12.5 Å². The highest BCUT2D eigenvalue weighted by atomic mass is 19.1. The number of aromatic amines is 1. The topological polar surface area (TPSA) is 28.7 Å². The second kappa shape index (κ2) is 2.13. The molecule has 0 aromatic carbocycles. The molecule has 0 aliphatic heterocycles. The van der Waals surface area contributed by atoms with E-state index in [1.807, 2.05) is 5.10 Å². The van der Waals surface area contributed by atoms with Crippen molar-refractivity contribution in [3.8, 4) is 0 Å². The first kappa shape index (κ1) is 6.19. The Balaban J connectivity index is 3.07. The fraction of sp³-hybridized carbons (Fsp3) is 0.400. The van der Waals surface area contributed by atoms with Gasteiger partial charge in [-0.25, -0.2) is 5.10 Å². The van der Waals surface area contributed by atoms with Gasteiger partial charge in [0, 0.05) is 0 Å². The molecule has 1 N–H and O–H groups in total. The van der Waals surface area contributed by atoms with Crippen molar-refractivity contribution in [2.24, 2.45) is 0 Å². The van der Waals surface area contributed by atoms with Crippen LogP contribution in [0, 0.1) is 11.9 Å². The molecule has 0 amide bonds. The Bertz CT molecular complexity index is 187. The third-order valence-electron chi connectivity index (χ3n) is 1.12. The minimum atomic E-state index is -0.741. The normalized spacial score (nSPS) is 10.1. The van der Waals surface area contributed by atoms with E-state index >= 15 is 0 Å². The zero-order chi connectivity index (χ0) is 6.85. The summed E-state index contributed by atoms with van der Waals surface area (Å²) in [5.74, 6) is -1.41. The lowest BCUT2D eigenvalue weighted by molar-refractivity contribution is 0.562. The third-order valence-corrected chi connectivity index (χ3v) is 1.12. The first-order valence-corrected chi connectivity index (χ1v) is 2.64. The second-order valence-electron chi connectivity index (χ2n) is 1.66. The summed E-state index contributed by atoms with van der Waals surface area (Å²) in [6.07, 6.45) is 0.328. The Morgan fingerprint density at radius 2 is 2.22 bits per heavy atom. The van der Waals surface area contributed by atoms with Crippen molar-refractivity contribution in [1.82, 2.24) is 10.2 Å². The van der Waals surface area contributed by atoms with Crippen LogP contribution in [0.3, 0.4) is 0 Å². The number of halogens is 2. The molecule has 2 nitrogen and oxygen atoms in total. The van der Waals surface area contributed by atoms with E-state index in [4.69, 9.17) is 0 Å². The van der Waals surface area contributed by atoms with E-state index in [1.165, 1.54) is 0 Å². The fourth-order valence-corrected chi connectivity index (χ4v) is 0.625. The summed E-state index contributed by atoms with van der Waals surface area (Å²) in [4.78, 5) is 0. The number of H-pyrrole nitrogens is 1. The van der Waals surface area contributed by atoms with E-state index in [0.717, 1.165) is 0 Å². The lowest BCUT2D eigenvalue weighted by Crippen LogP contribution is -1.84. The van der Waals surface area contributed by atoms with Gasteiger partial charge in [-0.3, -0.25) is 0 Å². The van der Waals surface area contributed by atoms with Gasteiger partial charge in [0.1, 0.15) is 0 Å². The van der Waals surface area contributed by atoms with Gasteiger partial charge in [0.15, 0.2) is 0 Å². The smallest absolute Gasteiger partial charge is 0.238 e. The van der Waals surface area contributed by atoms with Crippen molar-refractivity contribution in [3.63, 3.8) is 0 Å². The molecule has 50 valence electrons. The largest absolute Gasteiger partial charge is 0.250 e. The molecule has 0 unspecified atom stereocenters. The Labute approximate surface area is 50.9 Å². The van der Waals surface area contributed by atoms with Gasteiger partial charge in [0.2, 0.25) is 11.9 Å². The molecule has 1 aromatic rings. The number of rotatable bonds is 1. The molecule has 9 heavy (non-hydrogen) atoms. The van der Waals surface area contributed by atoms with Crippen molar-refractivity contribution in [1.29, 1.82) is 0 Å². The van der Waals surface area contributed by atoms with Crippen molar-refractivity contribution in [3.05, 3.63) is 17.5 Å². The predicted molar refractivity (Wildman–Crippen MR) is 27.9 cm³/mol. The molecule has 1 heterocycles. The number of aromatic nitrogens is 2. The maximum atomic E-state index is 12.3. The minimum Gasteiger partial charge on any atom is -0.250 e. The summed E-state index contributed by atoms with van der Waals surface area (Å²) in [6, 6.07) is 0. The van der Waals surface area contributed by atoms with Crippen LogP contribution >= 0.6 is 0 Å². The van der Waals surface area contributed by atoms with Crippen molar-refractivity contribution >= 4 is 0 Å². The van der Waals surface area contributed by atoms with Gasteiger partial charge in [-0.15, -0.1) is 5.10 Å². The maximum Gasteiger partial charge on any atom is 0.238 e. The quantitative estimate of drug-likeness (QED) is 0.612. The Morgan fingerprint density at radius 1 is 1.56 bits per heavy atom. The van der Waals surface area contributed by atoms with Crippen LogP contribution in [0.2, 0.25) is 0 Å². The van der Waals surface area contributed by atoms with Crippen LogP contribution in [0.5, 0.6) is 0 Å². The first-order valence-electron chi connectivity index (χ1n) is 2.64. The fourth-order valence-electron chi connectivity index (χ4n) is 0.625. The van der Waals surface area contributed by atoms with E-state index in [1.54, 1.807) is 6.92 Å². The molecule has 0 saturated carbocycles. The van der Waals surface area contributed by atoms with Gasteiger partial charge >= 0.3 is 0 Å². The van der Waals surface area contributed by atoms with Gasteiger partial charge < -0.3 is 0 Å². The van der Waals surface area contributed by atoms with Gasteiger partial charge in [0.25, 0.3) is 0 Å². The van der Waals surface area contributed by atoms with E-state index < -0.39 is 11.9 Å². The van der Waals surface area contributed by atoms with Crippen LogP contribution in [-0.4, -0.2) is 10.2 Å². The average molecular weight is 132 g/mol. The number of hydrogen-bond acceptors (Lipinski definition) is 1. The summed E-state index contributed by atoms with van der Waals surface area (Å²) >= 11 is 0. The molecule has 0 bridgehead atoms. The molecule has 0 spiro atoms. The van der Waals surface area contributed by atoms with E-state index in [0.29, 0.717) is 6.42 Å². The number of hydrogen-bond donors (Lipinski definition) is 1. The van der Waals surface area contributed by atoms with E-state index in [9.17, 15) is 8.78 Å². The molecule has 4 heteroatoms. The van der Waals surface area contributed by atoms with Crippen LogP contribution in [-0.2, 0) is 6.42 Å². The molecule has 0 saturated heterocycles. The van der Waals surface area contributed by atoms with E-state index in [-0.39, 0.29) is 5.56 Å². The zero-order valence-electron chi connectivity index (χ0n) is 4.91. The van der Waals surface area contributed by atoms with Gasteiger partial charge in [-0.1, -0.05) is 6.92 Å². The van der Waals surface area contributed by atoms with E-state index in [2.05, 4.69) is 5.10 Å². The molecule has 0 atom stereocenters. The molecule has 0 aliphatic rings. The summed E-state index contributed by atoms with van der Waals surface area (Å²) in [5.41, 5.74) is 0.0231. The molecule has 0 fully saturated rings. The number of nitrogens with zero attached hydrogens (tertiary/aromatic N) is 1. The SMILES string of the molecule is CCc1c(F)n[nH]c1F. The highest BCUT2D eigenvalue weighted by Gasteiger charge is 2.08. The summed E-state index contributed by atoms with van der Waals surface area (Å²) in [7, 11) is 0. The average Bonchev–Trinajstić information content (AvgIpc) is 2.12. The van der Waals surface area contributed by atoms with Crippen molar-refractivity contribution in [2.75, 3.05) is 0 Å². The molecule has 0 aliphatic carbocycles. The monoisotopic (exact) mass is 132 g/mol. The second-order valence-corrected chi connectivity index (χ2v) is 1.66. The van der Waals surface area contributed by atoms with Crippen LogP contribution in [0.25, 0.3) is 0 Å². The van der Waals surface area contributed by atoms with Crippen LogP contribution in [0.4, 0.5) is 8.78 Å². The predicted octanol–water partition coefficient (Wildman–Crippen LogP) is 1.25. The van der Waals surface area contributed by atoms with Crippen molar-refractivity contribution in [2.45, 2.75) is 13.3 Å². The van der Waals surface area contributed by atoms with Gasteiger partial charge in [-0.2, -0.15) is 8.78 Å². The van der Waals surface area contributed by atoms with Crippen LogP contribution < -0.4 is 0 Å². The molecular weight excluding hydrogens is 126 g/mol. The highest BCUT2D eigenvalue weighted by Crippen LogP contribution is 2.07. The summed E-state index contributed by atoms with van der Waals surface area (Å²) < 4.78 is 24.5. The minimum absolute atomic E-state index is 0.0231. The lowest BCUT2D eigenvalue weighted by Gasteiger charge is -1.84. The molecule has 1 aromatic heterocycles. The Hall–Kier alpha value is -0.930. The highest BCUT2D eigenvalue weighted by molar-refractivity contribution is 5.06. The molecule has 1 rings (SSSR count). The molecule has 0 radical (unpaired) electrons. The van der Waals surface area contributed by atoms with Crippen molar-refractivity contribution < 1.29 is 8.78 Å². The van der Waals surface area contributed by atoms with Gasteiger partial charge in [-0.05, 0) is 6.42 Å². The number of nitrogens with one attached hydrogen (secondary N) is 1. The Morgan fingerprint density at radius 3 is 2.44 bits per heavy atom. The molecular formula is C5H6F2N2. The maximum absolute atomic E-state index is 12.3.